The summed E-state index contributed by atoms with van der Waals surface area (Å²) in [6.07, 6.45) is 1.04. The number of carbonyl (C=O) groups is 2. The molecule has 2 N–H and O–H groups in total. The van der Waals surface area contributed by atoms with Crippen molar-refractivity contribution in [2.75, 3.05) is 13.7 Å². The van der Waals surface area contributed by atoms with Crippen LogP contribution in [0.2, 0.25) is 0 Å². The van der Waals surface area contributed by atoms with E-state index in [0.29, 0.717) is 19.4 Å². The molecule has 0 unspecified atom stereocenters. The molecule has 0 saturated carbocycles. The number of hydrogen-bond acceptors (Lipinski definition) is 4. The number of carboxylic acids is 1. The lowest BCUT2D eigenvalue weighted by molar-refractivity contribution is -0.143. The highest BCUT2D eigenvalue weighted by Gasteiger charge is 2.30. The van der Waals surface area contributed by atoms with Crippen molar-refractivity contribution >= 4 is 11.9 Å². The summed E-state index contributed by atoms with van der Waals surface area (Å²) in [5.41, 5.74) is 0.157. The van der Waals surface area contributed by atoms with Gasteiger partial charge >= 0.3 is 5.97 Å². The number of rotatable bonds is 5. The van der Waals surface area contributed by atoms with Crippen molar-refractivity contribution in [3.8, 4) is 5.75 Å². The molecule has 2 rings (SSSR count). The van der Waals surface area contributed by atoms with E-state index in [-0.39, 0.29) is 29.2 Å². The van der Waals surface area contributed by atoms with Crippen molar-refractivity contribution in [3.05, 3.63) is 29.6 Å². The Balaban J connectivity index is 2.14. The van der Waals surface area contributed by atoms with E-state index < -0.39 is 17.8 Å². The van der Waals surface area contributed by atoms with Gasteiger partial charge in [0, 0.05) is 12.5 Å². The van der Waals surface area contributed by atoms with E-state index in [9.17, 15) is 19.1 Å². The van der Waals surface area contributed by atoms with Crippen LogP contribution in [0.5, 0.6) is 5.75 Å². The monoisotopic (exact) mass is 325 g/mol. The van der Waals surface area contributed by atoms with Gasteiger partial charge in [-0.25, -0.2) is 9.18 Å². The lowest BCUT2D eigenvalue weighted by atomic mass is 9.94. The number of carboxylic acid groups (broad SMARTS) is 1. The SMILES string of the molecule is COc1ccc([C@H](NC(=O)[C@H]2CCO[C@H](C)C2)C(=O)O)cc1F. The number of hydrogen-bond donors (Lipinski definition) is 2. The van der Waals surface area contributed by atoms with Crippen molar-refractivity contribution in [2.24, 2.45) is 5.92 Å². The molecule has 1 amide bonds. The van der Waals surface area contributed by atoms with Gasteiger partial charge in [0.25, 0.3) is 0 Å². The van der Waals surface area contributed by atoms with Crippen LogP contribution >= 0.6 is 0 Å². The van der Waals surface area contributed by atoms with E-state index in [1.807, 2.05) is 6.92 Å². The maximum atomic E-state index is 13.8. The van der Waals surface area contributed by atoms with Crippen LogP contribution in [0.25, 0.3) is 0 Å². The molecule has 0 aliphatic carbocycles. The molecule has 1 heterocycles. The largest absolute Gasteiger partial charge is 0.494 e. The quantitative estimate of drug-likeness (QED) is 0.863. The molecule has 0 spiro atoms. The number of methoxy groups -OCH3 is 1. The summed E-state index contributed by atoms with van der Waals surface area (Å²) in [7, 11) is 1.32. The van der Waals surface area contributed by atoms with E-state index in [1.165, 1.54) is 19.2 Å². The van der Waals surface area contributed by atoms with Gasteiger partial charge in [0.1, 0.15) is 0 Å². The Bertz CT molecular complexity index is 592. The molecule has 1 aliphatic heterocycles. The maximum Gasteiger partial charge on any atom is 0.330 e. The number of benzene rings is 1. The highest BCUT2D eigenvalue weighted by atomic mass is 19.1. The van der Waals surface area contributed by atoms with Gasteiger partial charge in [-0.05, 0) is 37.5 Å². The standard InChI is InChI=1S/C16H20FNO5/c1-9-7-11(5-6-23-9)15(19)18-14(16(20)21)10-3-4-13(22-2)12(17)8-10/h3-4,8-9,11,14H,5-7H2,1-2H3,(H,18,19)(H,20,21)/t9-,11+,14+/m1/s1. The smallest absolute Gasteiger partial charge is 0.330 e. The second-order valence-electron chi connectivity index (χ2n) is 5.58. The summed E-state index contributed by atoms with van der Waals surface area (Å²) in [4.78, 5) is 23.7. The number of carbonyl (C=O) groups excluding carboxylic acids is 1. The van der Waals surface area contributed by atoms with Gasteiger partial charge in [0.15, 0.2) is 17.6 Å². The van der Waals surface area contributed by atoms with Gasteiger partial charge in [0.05, 0.1) is 13.2 Å². The molecular weight excluding hydrogens is 305 g/mol. The molecule has 7 heteroatoms. The number of halogens is 1. The number of aliphatic carboxylic acids is 1. The first-order valence-electron chi connectivity index (χ1n) is 7.40. The van der Waals surface area contributed by atoms with Crippen LogP contribution in [0.3, 0.4) is 0 Å². The molecular formula is C16H20FNO5. The van der Waals surface area contributed by atoms with Crippen LogP contribution < -0.4 is 10.1 Å². The predicted octanol–water partition coefficient (Wildman–Crippen LogP) is 1.89. The molecule has 3 atom stereocenters. The minimum absolute atomic E-state index is 0.0162. The Labute approximate surface area is 133 Å². The molecule has 1 aromatic carbocycles. The minimum atomic E-state index is -1.30. The van der Waals surface area contributed by atoms with E-state index in [0.717, 1.165) is 6.07 Å². The van der Waals surface area contributed by atoms with E-state index in [2.05, 4.69) is 5.32 Å². The highest BCUT2D eigenvalue weighted by Crippen LogP contribution is 2.24. The van der Waals surface area contributed by atoms with E-state index in [4.69, 9.17) is 9.47 Å². The zero-order valence-corrected chi connectivity index (χ0v) is 13.0. The van der Waals surface area contributed by atoms with Crippen molar-refractivity contribution in [3.63, 3.8) is 0 Å². The normalized spacial score (nSPS) is 22.2. The fraction of sp³-hybridized carbons (Fsp3) is 0.500. The molecule has 1 saturated heterocycles. The third-order valence-electron chi connectivity index (χ3n) is 3.90. The van der Waals surface area contributed by atoms with Crippen LogP contribution in [0.4, 0.5) is 4.39 Å². The highest BCUT2D eigenvalue weighted by molar-refractivity contribution is 5.86. The number of amides is 1. The first kappa shape index (κ1) is 17.2. The summed E-state index contributed by atoms with van der Waals surface area (Å²) < 4.78 is 24.0. The molecule has 6 nitrogen and oxygen atoms in total. The summed E-state index contributed by atoms with van der Waals surface area (Å²) >= 11 is 0. The average molecular weight is 325 g/mol. The van der Waals surface area contributed by atoms with Gasteiger partial charge in [-0.15, -0.1) is 0 Å². The number of nitrogens with one attached hydrogen (secondary N) is 1. The first-order chi connectivity index (χ1) is 10.9. The Kier molecular flexibility index (Phi) is 5.54. The fourth-order valence-electron chi connectivity index (χ4n) is 2.65. The predicted molar refractivity (Wildman–Crippen MR) is 79.6 cm³/mol. The van der Waals surface area contributed by atoms with Gasteiger partial charge < -0.3 is 19.9 Å². The van der Waals surface area contributed by atoms with Gasteiger partial charge in [-0.1, -0.05) is 6.07 Å². The first-order valence-corrected chi connectivity index (χ1v) is 7.40. The summed E-state index contributed by atoms with van der Waals surface area (Å²) in [6, 6.07) is 2.52. The van der Waals surface area contributed by atoms with Crippen LogP contribution in [-0.2, 0) is 14.3 Å². The minimum Gasteiger partial charge on any atom is -0.494 e. The zero-order valence-electron chi connectivity index (χ0n) is 13.0. The molecule has 126 valence electrons. The zero-order chi connectivity index (χ0) is 17.0. The number of ether oxygens (including phenoxy) is 2. The van der Waals surface area contributed by atoms with E-state index >= 15 is 0 Å². The molecule has 1 aliphatic rings. The summed E-state index contributed by atoms with van der Waals surface area (Å²) in [6.45, 7) is 2.33. The Morgan fingerprint density at radius 1 is 1.48 bits per heavy atom. The molecule has 0 aromatic heterocycles. The lowest BCUT2D eigenvalue weighted by Crippen LogP contribution is -2.40. The Hall–Kier alpha value is -2.15. The second-order valence-corrected chi connectivity index (χ2v) is 5.58. The third kappa shape index (κ3) is 4.19. The molecule has 1 aromatic rings. The third-order valence-corrected chi connectivity index (χ3v) is 3.90. The lowest BCUT2D eigenvalue weighted by Gasteiger charge is -2.27. The second kappa shape index (κ2) is 7.41. The maximum absolute atomic E-state index is 13.8. The van der Waals surface area contributed by atoms with Crippen LogP contribution in [0.15, 0.2) is 18.2 Å². The van der Waals surface area contributed by atoms with Crippen molar-refractivity contribution < 1.29 is 28.6 Å². The van der Waals surface area contributed by atoms with E-state index in [1.54, 1.807) is 0 Å². The Morgan fingerprint density at radius 2 is 2.22 bits per heavy atom. The van der Waals surface area contributed by atoms with Crippen molar-refractivity contribution in [2.45, 2.75) is 31.9 Å². The van der Waals surface area contributed by atoms with Crippen LogP contribution in [0, 0.1) is 11.7 Å². The van der Waals surface area contributed by atoms with Gasteiger partial charge in [0.2, 0.25) is 5.91 Å². The van der Waals surface area contributed by atoms with Crippen LogP contribution in [-0.4, -0.2) is 36.8 Å². The topological polar surface area (TPSA) is 84.9 Å². The van der Waals surface area contributed by atoms with Crippen molar-refractivity contribution in [1.82, 2.24) is 5.32 Å². The summed E-state index contributed by atoms with van der Waals surface area (Å²) in [5.74, 6) is -2.57. The summed E-state index contributed by atoms with van der Waals surface area (Å²) in [5, 5.41) is 11.8. The van der Waals surface area contributed by atoms with Crippen LogP contribution in [0.1, 0.15) is 31.4 Å². The van der Waals surface area contributed by atoms with Crippen molar-refractivity contribution in [1.29, 1.82) is 0 Å². The molecule has 0 bridgehead atoms. The fourth-order valence-corrected chi connectivity index (χ4v) is 2.65. The van der Waals surface area contributed by atoms with Gasteiger partial charge in [-0.3, -0.25) is 4.79 Å². The molecule has 0 radical (unpaired) electrons. The molecule has 23 heavy (non-hydrogen) atoms. The molecule has 1 fully saturated rings. The average Bonchev–Trinajstić information content (AvgIpc) is 2.52. The Morgan fingerprint density at radius 3 is 2.78 bits per heavy atom. The van der Waals surface area contributed by atoms with Gasteiger partial charge in [-0.2, -0.15) is 0 Å².